The van der Waals surface area contributed by atoms with Crippen molar-refractivity contribution < 1.29 is 18.9 Å². The first kappa shape index (κ1) is 27.5. The van der Waals surface area contributed by atoms with Crippen LogP contribution < -0.4 is 20.1 Å². The number of hydrogen-bond acceptors (Lipinski definition) is 9. The molecule has 0 radical (unpaired) electrons. The van der Waals surface area contributed by atoms with Crippen LogP contribution in [0.25, 0.3) is 10.9 Å². The zero-order valence-corrected chi connectivity index (χ0v) is 22.4. The first-order valence-corrected chi connectivity index (χ1v) is 12.5. The summed E-state index contributed by atoms with van der Waals surface area (Å²) in [5.41, 5.74) is 1.39. The van der Waals surface area contributed by atoms with Gasteiger partial charge in [-0.15, -0.1) is 4.99 Å². The van der Waals surface area contributed by atoms with Gasteiger partial charge in [0.25, 0.3) is 0 Å². The molecule has 1 aliphatic rings. The van der Waals surface area contributed by atoms with Gasteiger partial charge in [0.2, 0.25) is 12.2 Å². The normalized spacial score (nSPS) is 15.7. The van der Waals surface area contributed by atoms with E-state index < -0.39 is 0 Å². The fourth-order valence-corrected chi connectivity index (χ4v) is 4.17. The summed E-state index contributed by atoms with van der Waals surface area (Å²) in [7, 11) is 3.18. The van der Waals surface area contributed by atoms with Crippen molar-refractivity contribution in [3.05, 3.63) is 46.7 Å². The van der Waals surface area contributed by atoms with Crippen molar-refractivity contribution in [2.24, 2.45) is 4.99 Å². The first-order valence-electron chi connectivity index (χ1n) is 11.8. The number of nitriles is 1. The quantitative estimate of drug-likeness (QED) is 0.173. The smallest absolute Gasteiger partial charge is 0.210 e. The van der Waals surface area contributed by atoms with Gasteiger partial charge < -0.3 is 34.5 Å². The highest BCUT2D eigenvalue weighted by molar-refractivity contribution is 6.42. The molecular weight excluding hydrogens is 533 g/mol. The Bertz CT molecular complexity index is 1340. The summed E-state index contributed by atoms with van der Waals surface area (Å²) in [5, 5.41) is 17.1. The molecule has 1 saturated heterocycles. The monoisotopic (exact) mass is 559 g/mol. The molecule has 2 heterocycles. The van der Waals surface area contributed by atoms with Gasteiger partial charge in [0.1, 0.15) is 24.9 Å². The van der Waals surface area contributed by atoms with Crippen molar-refractivity contribution in [2.45, 2.75) is 6.10 Å². The van der Waals surface area contributed by atoms with E-state index in [1.165, 1.54) is 6.33 Å². The highest BCUT2D eigenvalue weighted by Gasteiger charge is 2.24. The van der Waals surface area contributed by atoms with Crippen LogP contribution in [0.3, 0.4) is 0 Å². The summed E-state index contributed by atoms with van der Waals surface area (Å²) in [6.45, 7) is 2.86. The van der Waals surface area contributed by atoms with E-state index in [0.29, 0.717) is 71.7 Å². The van der Waals surface area contributed by atoms with E-state index in [9.17, 15) is 0 Å². The molecule has 0 aliphatic carbocycles. The van der Waals surface area contributed by atoms with E-state index in [0.717, 1.165) is 11.1 Å². The minimum atomic E-state index is -0.255. The van der Waals surface area contributed by atoms with Crippen LogP contribution >= 0.6 is 23.2 Å². The summed E-state index contributed by atoms with van der Waals surface area (Å²) in [4.78, 5) is 14.6. The SMILES string of the molecule is COCCN/C(=N\C#N)N1CCOC(COc2cc3ncnc(Nc4ccc(Cl)c(Cl)c4)c3cc2OC)C1. The van der Waals surface area contributed by atoms with Crippen molar-refractivity contribution in [2.75, 3.05) is 59.0 Å². The van der Waals surface area contributed by atoms with Gasteiger partial charge in [-0.1, -0.05) is 23.2 Å². The van der Waals surface area contributed by atoms with Crippen LogP contribution in [0.5, 0.6) is 11.5 Å². The molecule has 1 aromatic heterocycles. The Morgan fingerprint density at radius 2 is 2.08 bits per heavy atom. The van der Waals surface area contributed by atoms with Crippen molar-refractivity contribution in [1.29, 1.82) is 5.26 Å². The number of rotatable bonds is 9. The lowest BCUT2D eigenvalue weighted by atomic mass is 10.2. The maximum absolute atomic E-state index is 9.08. The number of nitrogens with one attached hydrogen (secondary N) is 2. The van der Waals surface area contributed by atoms with Gasteiger partial charge in [0.05, 0.1) is 42.4 Å². The highest BCUT2D eigenvalue weighted by atomic mass is 35.5. The third-order valence-electron chi connectivity index (χ3n) is 5.71. The Hall–Kier alpha value is -3.56. The van der Waals surface area contributed by atoms with Gasteiger partial charge >= 0.3 is 0 Å². The number of ether oxygens (including phenoxy) is 4. The maximum Gasteiger partial charge on any atom is 0.210 e. The summed E-state index contributed by atoms with van der Waals surface area (Å²) < 4.78 is 22.7. The molecule has 1 fully saturated rings. The number of hydrogen-bond donors (Lipinski definition) is 2. The van der Waals surface area contributed by atoms with E-state index in [4.69, 9.17) is 47.4 Å². The van der Waals surface area contributed by atoms with Crippen molar-refractivity contribution in [3.63, 3.8) is 0 Å². The Balaban J connectivity index is 1.47. The van der Waals surface area contributed by atoms with Crippen LogP contribution in [0.1, 0.15) is 0 Å². The average Bonchev–Trinajstić information content (AvgIpc) is 2.93. The molecule has 38 heavy (non-hydrogen) atoms. The van der Waals surface area contributed by atoms with E-state index in [2.05, 4.69) is 25.6 Å². The average molecular weight is 560 g/mol. The van der Waals surface area contributed by atoms with Gasteiger partial charge in [0, 0.05) is 37.3 Å². The predicted molar refractivity (Wildman–Crippen MR) is 146 cm³/mol. The minimum absolute atomic E-state index is 0.255. The Morgan fingerprint density at radius 3 is 2.84 bits per heavy atom. The molecule has 0 bridgehead atoms. The number of benzene rings is 2. The number of anilines is 2. The van der Waals surface area contributed by atoms with Crippen LogP contribution in [-0.4, -0.2) is 80.6 Å². The van der Waals surface area contributed by atoms with Gasteiger partial charge in [-0.2, -0.15) is 5.26 Å². The summed E-state index contributed by atoms with van der Waals surface area (Å²) >= 11 is 12.2. The second-order valence-electron chi connectivity index (χ2n) is 8.20. The zero-order valence-electron chi connectivity index (χ0n) is 20.9. The van der Waals surface area contributed by atoms with Crippen LogP contribution in [0.2, 0.25) is 10.0 Å². The molecule has 13 heteroatoms. The highest BCUT2D eigenvalue weighted by Crippen LogP contribution is 2.35. The van der Waals surface area contributed by atoms with Gasteiger partial charge in [-0.25, -0.2) is 9.97 Å². The maximum atomic E-state index is 9.08. The standard InChI is InChI=1S/C25H27Cl2N7O4/c1-35-7-5-29-25(30-14-28)34-6-8-37-17(12-34)13-38-23-11-21-18(10-22(23)36-2)24(32-15-31-21)33-16-3-4-19(26)20(27)9-16/h3-4,9-11,15,17H,5-8,12-13H2,1-2H3,(H,29,30)(H,31,32,33). The lowest BCUT2D eigenvalue weighted by Gasteiger charge is -2.34. The number of halogens is 2. The Morgan fingerprint density at radius 1 is 1.21 bits per heavy atom. The molecule has 3 aromatic rings. The van der Waals surface area contributed by atoms with Crippen molar-refractivity contribution >= 4 is 51.6 Å². The third kappa shape index (κ3) is 6.85. The molecule has 2 aromatic carbocycles. The second kappa shape index (κ2) is 13.3. The summed E-state index contributed by atoms with van der Waals surface area (Å²) in [6, 6.07) is 8.85. The number of aromatic nitrogens is 2. The lowest BCUT2D eigenvalue weighted by Crippen LogP contribution is -2.52. The van der Waals surface area contributed by atoms with Crippen LogP contribution in [0.4, 0.5) is 11.5 Å². The molecule has 0 saturated carbocycles. The summed E-state index contributed by atoms with van der Waals surface area (Å²) in [6.07, 6.45) is 3.06. The molecule has 1 atom stereocenters. The molecule has 11 nitrogen and oxygen atoms in total. The molecule has 2 N–H and O–H groups in total. The molecular formula is C25H27Cl2N7O4. The van der Waals surface area contributed by atoms with E-state index in [1.54, 1.807) is 32.4 Å². The van der Waals surface area contributed by atoms with Crippen molar-refractivity contribution in [3.8, 4) is 17.7 Å². The lowest BCUT2D eigenvalue weighted by molar-refractivity contribution is -0.0298. The van der Waals surface area contributed by atoms with E-state index >= 15 is 0 Å². The zero-order chi connectivity index (χ0) is 26.9. The number of methoxy groups -OCH3 is 2. The Kier molecular flexibility index (Phi) is 9.62. The number of guanidine groups is 1. The number of aliphatic imine (C=N–C) groups is 1. The number of morpholine rings is 1. The fraction of sp³-hybridized carbons (Fsp3) is 0.360. The number of nitrogens with zero attached hydrogens (tertiary/aromatic N) is 5. The molecule has 4 rings (SSSR count). The predicted octanol–water partition coefficient (Wildman–Crippen LogP) is 3.84. The number of fused-ring (bicyclic) bond motifs is 1. The topological polar surface area (TPSA) is 126 Å². The first-order chi connectivity index (χ1) is 18.5. The van der Waals surface area contributed by atoms with Crippen LogP contribution in [-0.2, 0) is 9.47 Å². The Labute approximate surface area is 230 Å². The molecule has 0 amide bonds. The third-order valence-corrected chi connectivity index (χ3v) is 6.45. The molecule has 200 valence electrons. The van der Waals surface area contributed by atoms with E-state index in [-0.39, 0.29) is 12.7 Å². The van der Waals surface area contributed by atoms with Gasteiger partial charge in [-0.05, 0) is 24.3 Å². The largest absolute Gasteiger partial charge is 0.493 e. The van der Waals surface area contributed by atoms with Crippen molar-refractivity contribution in [1.82, 2.24) is 20.2 Å². The summed E-state index contributed by atoms with van der Waals surface area (Å²) in [5.74, 6) is 2.10. The molecule has 1 unspecified atom stereocenters. The van der Waals surface area contributed by atoms with Crippen LogP contribution in [0, 0.1) is 11.5 Å². The van der Waals surface area contributed by atoms with Crippen LogP contribution in [0.15, 0.2) is 41.7 Å². The van der Waals surface area contributed by atoms with E-state index in [1.807, 2.05) is 23.2 Å². The van der Waals surface area contributed by atoms with Gasteiger partial charge in [-0.3, -0.25) is 0 Å². The molecule has 0 spiro atoms. The fourth-order valence-electron chi connectivity index (χ4n) is 3.88. The molecule has 1 aliphatic heterocycles. The van der Waals surface area contributed by atoms with Gasteiger partial charge in [0.15, 0.2) is 11.5 Å². The minimum Gasteiger partial charge on any atom is -0.493 e. The second-order valence-corrected chi connectivity index (χ2v) is 9.02.